The maximum absolute atomic E-state index is 12.0. The molecule has 0 fully saturated rings. The summed E-state index contributed by atoms with van der Waals surface area (Å²) in [5, 5.41) is 4.12. The van der Waals surface area contributed by atoms with Gasteiger partial charge in [0.25, 0.3) is 11.8 Å². The summed E-state index contributed by atoms with van der Waals surface area (Å²) in [5.74, 6) is -0.953. The van der Waals surface area contributed by atoms with Gasteiger partial charge in [-0.1, -0.05) is 18.2 Å². The molecule has 1 aromatic carbocycles. The quantitative estimate of drug-likeness (QED) is 0.696. The Kier molecular flexibility index (Phi) is 3.88. The summed E-state index contributed by atoms with van der Waals surface area (Å²) < 4.78 is 3.22. The monoisotopic (exact) mass is 310 g/mol. The first-order valence-electron chi connectivity index (χ1n) is 6.82. The van der Waals surface area contributed by atoms with E-state index in [1.54, 1.807) is 28.7 Å². The first-order chi connectivity index (χ1) is 11.1. The summed E-state index contributed by atoms with van der Waals surface area (Å²) in [7, 11) is 1.75. The third-order valence-corrected chi connectivity index (χ3v) is 3.09. The summed E-state index contributed by atoms with van der Waals surface area (Å²) in [5.41, 5.74) is 6.02. The van der Waals surface area contributed by atoms with E-state index in [1.165, 1.54) is 12.5 Å². The molecule has 8 nitrogen and oxygen atoms in total. The maximum Gasteiger partial charge on any atom is 0.289 e. The second-order valence-corrected chi connectivity index (χ2v) is 4.84. The van der Waals surface area contributed by atoms with Crippen molar-refractivity contribution in [3.05, 3.63) is 66.5 Å². The van der Waals surface area contributed by atoms with E-state index >= 15 is 0 Å². The van der Waals surface area contributed by atoms with Crippen LogP contribution >= 0.6 is 0 Å². The van der Waals surface area contributed by atoms with Crippen LogP contribution in [0.5, 0.6) is 0 Å². The average molecular weight is 310 g/mol. The van der Waals surface area contributed by atoms with E-state index in [4.69, 9.17) is 0 Å². The van der Waals surface area contributed by atoms with Crippen molar-refractivity contribution < 1.29 is 9.59 Å². The van der Waals surface area contributed by atoms with Gasteiger partial charge in [0, 0.05) is 19.4 Å². The number of hydrogen-bond acceptors (Lipinski definition) is 4. The largest absolute Gasteiger partial charge is 0.340 e. The highest BCUT2D eigenvalue weighted by molar-refractivity contribution is 5.97. The molecule has 8 heteroatoms. The minimum absolute atomic E-state index is 0.216. The van der Waals surface area contributed by atoms with Crippen molar-refractivity contribution in [2.24, 2.45) is 7.05 Å². The number of aromatic nitrogens is 4. The predicted octanol–water partition coefficient (Wildman–Crippen LogP) is 0.681. The van der Waals surface area contributed by atoms with Gasteiger partial charge in [-0.15, -0.1) is 0 Å². The first-order valence-corrected chi connectivity index (χ1v) is 6.82. The van der Waals surface area contributed by atoms with Gasteiger partial charge in [0.2, 0.25) is 0 Å². The van der Waals surface area contributed by atoms with Crippen molar-refractivity contribution in [1.82, 2.24) is 30.2 Å². The number of aryl methyl sites for hydroxylation is 1. The summed E-state index contributed by atoms with van der Waals surface area (Å²) in [6.07, 6.45) is 6.06. The number of nitrogens with zero attached hydrogens (tertiary/aromatic N) is 4. The third kappa shape index (κ3) is 3.26. The number of amides is 2. The van der Waals surface area contributed by atoms with Crippen LogP contribution in [0.25, 0.3) is 5.69 Å². The van der Waals surface area contributed by atoms with Gasteiger partial charge >= 0.3 is 0 Å². The molecule has 23 heavy (non-hydrogen) atoms. The molecule has 0 aliphatic carbocycles. The van der Waals surface area contributed by atoms with Gasteiger partial charge in [-0.3, -0.25) is 20.4 Å². The zero-order valence-corrected chi connectivity index (χ0v) is 12.3. The fourth-order valence-corrected chi connectivity index (χ4v) is 1.94. The number of nitrogens with one attached hydrogen (secondary N) is 2. The van der Waals surface area contributed by atoms with Crippen LogP contribution in [-0.4, -0.2) is 31.1 Å². The van der Waals surface area contributed by atoms with Gasteiger partial charge in [-0.2, -0.15) is 5.10 Å². The third-order valence-electron chi connectivity index (χ3n) is 3.09. The topological polar surface area (TPSA) is 93.8 Å². The first kappa shape index (κ1) is 14.5. The molecule has 0 bridgehead atoms. The number of benzene rings is 1. The van der Waals surface area contributed by atoms with Crippen LogP contribution in [0.3, 0.4) is 0 Å². The highest BCUT2D eigenvalue weighted by Gasteiger charge is 2.12. The van der Waals surface area contributed by atoms with Gasteiger partial charge in [-0.05, 0) is 12.1 Å². The number of para-hydroxylation sites is 1. The van der Waals surface area contributed by atoms with Crippen molar-refractivity contribution in [3.63, 3.8) is 0 Å². The van der Waals surface area contributed by atoms with E-state index in [-0.39, 0.29) is 5.69 Å². The number of carbonyl (C=O) groups excluding carboxylic acids is 2. The molecule has 0 atom stereocenters. The molecular formula is C15H14N6O2. The molecule has 2 N–H and O–H groups in total. The lowest BCUT2D eigenvalue weighted by Gasteiger charge is -2.04. The Morgan fingerprint density at radius 3 is 2.48 bits per heavy atom. The Hall–Kier alpha value is -3.42. The number of imidazole rings is 1. The van der Waals surface area contributed by atoms with Gasteiger partial charge in [0.15, 0.2) is 0 Å². The molecule has 0 aliphatic heterocycles. The molecule has 0 spiro atoms. The summed E-state index contributed by atoms with van der Waals surface area (Å²) in [4.78, 5) is 27.7. The summed E-state index contributed by atoms with van der Waals surface area (Å²) in [6, 6.07) is 9.40. The highest BCUT2D eigenvalue weighted by Crippen LogP contribution is 2.07. The van der Waals surface area contributed by atoms with Crippen LogP contribution in [0.2, 0.25) is 0 Å². The Balaban J connectivity index is 1.63. The van der Waals surface area contributed by atoms with Crippen molar-refractivity contribution in [2.75, 3.05) is 0 Å². The number of rotatable bonds is 3. The lowest BCUT2D eigenvalue weighted by Crippen LogP contribution is -2.41. The minimum atomic E-state index is -0.491. The van der Waals surface area contributed by atoms with Crippen LogP contribution in [-0.2, 0) is 7.05 Å². The summed E-state index contributed by atoms with van der Waals surface area (Å²) in [6.45, 7) is 0. The second-order valence-electron chi connectivity index (χ2n) is 4.84. The Labute approximate surface area is 131 Å². The van der Waals surface area contributed by atoms with E-state index in [0.717, 1.165) is 5.69 Å². The highest BCUT2D eigenvalue weighted by atomic mass is 16.2. The summed E-state index contributed by atoms with van der Waals surface area (Å²) >= 11 is 0. The second kappa shape index (κ2) is 6.14. The van der Waals surface area contributed by atoms with Gasteiger partial charge in [0.05, 0.1) is 23.8 Å². The number of carbonyl (C=O) groups is 2. The van der Waals surface area contributed by atoms with Crippen LogP contribution in [0.4, 0.5) is 0 Å². The normalized spacial score (nSPS) is 10.3. The number of hydrazine groups is 1. The molecule has 0 unspecified atom stereocenters. The van der Waals surface area contributed by atoms with Crippen molar-refractivity contribution in [3.8, 4) is 5.69 Å². The zero-order chi connectivity index (χ0) is 16.2. The minimum Gasteiger partial charge on any atom is -0.340 e. The van der Waals surface area contributed by atoms with Crippen molar-refractivity contribution >= 4 is 11.8 Å². The van der Waals surface area contributed by atoms with Gasteiger partial charge in [-0.25, -0.2) is 9.67 Å². The van der Waals surface area contributed by atoms with Gasteiger partial charge in [0.1, 0.15) is 5.69 Å². The molecule has 0 aliphatic rings. The zero-order valence-electron chi connectivity index (χ0n) is 12.3. The van der Waals surface area contributed by atoms with E-state index in [2.05, 4.69) is 20.9 Å². The lowest BCUT2D eigenvalue weighted by atomic mass is 10.3. The molecule has 0 saturated heterocycles. The smallest absolute Gasteiger partial charge is 0.289 e. The molecule has 116 valence electrons. The molecular weight excluding hydrogens is 296 g/mol. The molecule has 2 heterocycles. The van der Waals surface area contributed by atoms with E-state index in [9.17, 15) is 9.59 Å². The fraction of sp³-hybridized carbons (Fsp3) is 0.0667. The number of hydrogen-bond donors (Lipinski definition) is 2. The Morgan fingerprint density at radius 1 is 1.04 bits per heavy atom. The maximum atomic E-state index is 12.0. The lowest BCUT2D eigenvalue weighted by molar-refractivity contribution is 0.0844. The van der Waals surface area contributed by atoms with Crippen LogP contribution in [0.15, 0.2) is 55.2 Å². The van der Waals surface area contributed by atoms with Crippen LogP contribution < -0.4 is 10.9 Å². The van der Waals surface area contributed by atoms with E-state index in [0.29, 0.717) is 5.56 Å². The average Bonchev–Trinajstić information content (AvgIpc) is 3.22. The van der Waals surface area contributed by atoms with Crippen LogP contribution in [0.1, 0.15) is 20.8 Å². The van der Waals surface area contributed by atoms with E-state index in [1.807, 2.05) is 30.3 Å². The van der Waals surface area contributed by atoms with Crippen molar-refractivity contribution in [2.45, 2.75) is 0 Å². The fourth-order valence-electron chi connectivity index (χ4n) is 1.94. The molecule has 3 rings (SSSR count). The van der Waals surface area contributed by atoms with Crippen molar-refractivity contribution in [1.29, 1.82) is 0 Å². The Bertz CT molecular complexity index is 837. The molecule has 0 saturated carbocycles. The van der Waals surface area contributed by atoms with E-state index < -0.39 is 11.8 Å². The Morgan fingerprint density at radius 2 is 1.78 bits per heavy atom. The standard InChI is InChI=1S/C15H14N6O2/c1-20-9-13(16-10-20)15(23)19-18-14(22)11-7-17-21(8-11)12-5-3-2-4-6-12/h2-10H,1H3,(H,18,22)(H,19,23). The van der Waals surface area contributed by atoms with Gasteiger partial charge < -0.3 is 4.57 Å². The molecule has 0 radical (unpaired) electrons. The SMILES string of the molecule is Cn1cnc(C(=O)NNC(=O)c2cnn(-c3ccccc3)c2)c1. The molecule has 3 aromatic rings. The van der Waals surface area contributed by atoms with Crippen LogP contribution in [0, 0.1) is 0 Å². The predicted molar refractivity (Wildman–Crippen MR) is 81.7 cm³/mol. The molecule has 2 amide bonds. The molecule has 2 aromatic heterocycles.